The first kappa shape index (κ1) is 18.4. The van der Waals surface area contributed by atoms with Crippen molar-refractivity contribution in [3.05, 3.63) is 58.9 Å². The number of piperidine rings is 2. The number of aliphatic hydroxyl groups excluding tert-OH is 1. The third kappa shape index (κ3) is 3.13. The maximum absolute atomic E-state index is 13.4. The van der Waals surface area contributed by atoms with Crippen molar-refractivity contribution in [1.29, 1.82) is 5.26 Å². The molecule has 27 heavy (non-hydrogen) atoms. The first-order valence-electron chi connectivity index (χ1n) is 8.75. The number of hydrogen-bond donors (Lipinski definition) is 1. The van der Waals surface area contributed by atoms with Crippen LogP contribution in [0, 0.1) is 17.2 Å². The van der Waals surface area contributed by atoms with Crippen molar-refractivity contribution in [2.75, 3.05) is 0 Å². The molecule has 3 aliphatic rings. The molecule has 1 N–H and O–H groups in total. The zero-order valence-electron chi connectivity index (χ0n) is 14.4. The largest absolute Gasteiger partial charge is 0.393 e. The number of nitrogens with zero attached hydrogens (tertiary/aromatic N) is 3. The van der Waals surface area contributed by atoms with Crippen molar-refractivity contribution in [3.63, 3.8) is 0 Å². The van der Waals surface area contributed by atoms with Crippen LogP contribution in [0.5, 0.6) is 0 Å². The molecule has 140 valence electrons. The summed E-state index contributed by atoms with van der Waals surface area (Å²) in [7, 11) is -3.78. The lowest BCUT2D eigenvalue weighted by Crippen LogP contribution is -2.57. The molecule has 4 atom stereocenters. The van der Waals surface area contributed by atoms with E-state index in [1.165, 1.54) is 16.4 Å². The average Bonchev–Trinajstić information content (AvgIpc) is 2.68. The highest BCUT2D eigenvalue weighted by Gasteiger charge is 2.52. The Hall–Kier alpha value is -1.98. The van der Waals surface area contributed by atoms with E-state index in [9.17, 15) is 13.5 Å². The lowest BCUT2D eigenvalue weighted by molar-refractivity contribution is -0.0538. The quantitative estimate of drug-likeness (QED) is 0.850. The fraction of sp³-hybridized carbons (Fsp3) is 0.368. The number of rotatable bonds is 3. The Morgan fingerprint density at radius 2 is 1.93 bits per heavy atom. The number of halogens is 1. The van der Waals surface area contributed by atoms with Gasteiger partial charge in [0, 0.05) is 23.2 Å². The smallest absolute Gasteiger partial charge is 0.243 e. The van der Waals surface area contributed by atoms with Crippen LogP contribution < -0.4 is 0 Å². The zero-order valence-corrected chi connectivity index (χ0v) is 15.9. The number of benzene rings is 1. The highest BCUT2D eigenvalue weighted by Crippen LogP contribution is 2.49. The summed E-state index contributed by atoms with van der Waals surface area (Å²) >= 11 is 5.91. The van der Waals surface area contributed by atoms with E-state index in [1.54, 1.807) is 30.5 Å². The monoisotopic (exact) mass is 403 g/mol. The van der Waals surface area contributed by atoms with Gasteiger partial charge in [-0.25, -0.2) is 13.4 Å². The molecule has 1 aliphatic carbocycles. The summed E-state index contributed by atoms with van der Waals surface area (Å²) in [6, 6.07) is 10.6. The summed E-state index contributed by atoms with van der Waals surface area (Å²) in [6.07, 6.45) is 2.89. The van der Waals surface area contributed by atoms with Crippen molar-refractivity contribution in [2.24, 2.45) is 5.92 Å². The molecule has 2 aliphatic heterocycles. The highest BCUT2D eigenvalue weighted by molar-refractivity contribution is 7.89. The summed E-state index contributed by atoms with van der Waals surface area (Å²) in [5, 5.41) is 19.9. The second kappa shape index (κ2) is 6.88. The molecule has 2 aromatic rings. The fourth-order valence-corrected chi connectivity index (χ4v) is 6.29. The van der Waals surface area contributed by atoms with Crippen LogP contribution in [0.25, 0.3) is 0 Å². The van der Waals surface area contributed by atoms with E-state index >= 15 is 0 Å². The van der Waals surface area contributed by atoms with Crippen LogP contribution in [0.4, 0.5) is 0 Å². The molecule has 0 unspecified atom stereocenters. The average molecular weight is 404 g/mol. The van der Waals surface area contributed by atoms with E-state index in [1.807, 2.05) is 6.07 Å². The Bertz CT molecular complexity index is 986. The first-order valence-corrected chi connectivity index (χ1v) is 10.6. The predicted molar refractivity (Wildman–Crippen MR) is 99.3 cm³/mol. The van der Waals surface area contributed by atoms with Crippen LogP contribution in [-0.4, -0.2) is 35.0 Å². The Kier molecular flexibility index (Phi) is 4.68. The Morgan fingerprint density at radius 3 is 2.52 bits per heavy atom. The topological polar surface area (TPSA) is 94.3 Å². The predicted octanol–water partition coefficient (Wildman–Crippen LogP) is 2.88. The van der Waals surface area contributed by atoms with Crippen molar-refractivity contribution >= 4 is 21.6 Å². The normalized spacial score (nSPS) is 28.0. The van der Waals surface area contributed by atoms with E-state index in [0.717, 1.165) is 12.8 Å². The van der Waals surface area contributed by atoms with Gasteiger partial charge < -0.3 is 5.11 Å². The van der Waals surface area contributed by atoms with Gasteiger partial charge in [0.25, 0.3) is 0 Å². The van der Waals surface area contributed by atoms with Gasteiger partial charge in [-0.2, -0.15) is 9.57 Å². The number of sulfonamides is 1. The molecule has 2 saturated heterocycles. The third-order valence-corrected chi connectivity index (χ3v) is 7.71. The molecule has 8 heteroatoms. The van der Waals surface area contributed by atoms with Crippen LogP contribution in [0.3, 0.4) is 0 Å². The van der Waals surface area contributed by atoms with Gasteiger partial charge in [0.1, 0.15) is 11.8 Å². The fourth-order valence-electron chi connectivity index (χ4n) is 4.28. The number of aromatic nitrogens is 1. The molecular formula is C19H18ClN3O3S. The number of pyridine rings is 1. The summed E-state index contributed by atoms with van der Waals surface area (Å²) in [4.78, 5) is 4.28. The molecule has 1 aromatic heterocycles. The number of aliphatic hydroxyl groups is 1. The summed E-state index contributed by atoms with van der Waals surface area (Å²) in [5.41, 5.74) is 0.965. The zero-order chi connectivity index (χ0) is 19.2. The van der Waals surface area contributed by atoms with E-state index in [4.69, 9.17) is 16.9 Å². The molecule has 0 radical (unpaired) electrons. The molecule has 3 fully saturated rings. The van der Waals surface area contributed by atoms with Gasteiger partial charge in [-0.15, -0.1) is 0 Å². The van der Waals surface area contributed by atoms with E-state index in [0.29, 0.717) is 17.0 Å². The Labute approximate surface area is 163 Å². The molecule has 0 amide bonds. The van der Waals surface area contributed by atoms with Gasteiger partial charge in [-0.05, 0) is 55.2 Å². The van der Waals surface area contributed by atoms with Crippen LogP contribution in [0.15, 0.2) is 47.5 Å². The van der Waals surface area contributed by atoms with Crippen molar-refractivity contribution in [2.45, 2.75) is 42.3 Å². The van der Waals surface area contributed by atoms with Gasteiger partial charge in [-0.1, -0.05) is 17.7 Å². The summed E-state index contributed by atoms with van der Waals surface area (Å²) < 4.78 is 28.4. The number of hydrogen-bond acceptors (Lipinski definition) is 5. The summed E-state index contributed by atoms with van der Waals surface area (Å²) in [6.45, 7) is 0. The van der Waals surface area contributed by atoms with Gasteiger partial charge in [0.05, 0.1) is 17.0 Å². The molecule has 1 aromatic carbocycles. The molecule has 3 heterocycles. The van der Waals surface area contributed by atoms with Crippen LogP contribution in [0.2, 0.25) is 5.02 Å². The third-order valence-electron chi connectivity index (χ3n) is 5.51. The maximum atomic E-state index is 13.4. The van der Waals surface area contributed by atoms with Gasteiger partial charge in [-0.3, -0.25) is 0 Å². The maximum Gasteiger partial charge on any atom is 0.243 e. The lowest BCUT2D eigenvalue weighted by atomic mass is 9.72. The molecule has 1 saturated carbocycles. The van der Waals surface area contributed by atoms with Crippen molar-refractivity contribution in [1.82, 2.24) is 9.29 Å². The second-order valence-electron chi connectivity index (χ2n) is 7.02. The van der Waals surface area contributed by atoms with E-state index in [2.05, 4.69) is 4.98 Å². The van der Waals surface area contributed by atoms with Crippen LogP contribution >= 0.6 is 11.6 Å². The molecular weight excluding hydrogens is 386 g/mol. The van der Waals surface area contributed by atoms with Gasteiger partial charge >= 0.3 is 0 Å². The summed E-state index contributed by atoms with van der Waals surface area (Å²) in [5.74, 6) is -0.202. The van der Waals surface area contributed by atoms with Crippen LogP contribution in [0.1, 0.15) is 36.6 Å². The standard InChI is InChI=1S/C19H18ClN3O3S/c20-13-2-6-16(7-3-13)27(25,26)23-15-5-8-17(18(24)9-15)19(23)12-1-4-14(10-21)22-11-12/h1-4,6-7,11,15,17-19,24H,5,8-9H2/t15-,17+,18-,19+/m0/s1. The molecule has 2 bridgehead atoms. The number of fused-ring (bicyclic) bond motifs is 3. The lowest BCUT2D eigenvalue weighted by Gasteiger charge is -2.52. The molecule has 0 spiro atoms. The minimum absolute atomic E-state index is 0.181. The number of nitriles is 1. The SMILES string of the molecule is N#Cc1ccc([C@@H]2[C@@H]3CC[C@@H](C[C@@H]3O)N2S(=O)(=O)c2ccc(Cl)cc2)cn1. The van der Waals surface area contributed by atoms with Crippen LogP contribution in [-0.2, 0) is 10.0 Å². The van der Waals surface area contributed by atoms with E-state index in [-0.39, 0.29) is 22.5 Å². The Morgan fingerprint density at radius 1 is 1.19 bits per heavy atom. The van der Waals surface area contributed by atoms with E-state index < -0.39 is 22.2 Å². The minimum atomic E-state index is -3.78. The molecule has 6 nitrogen and oxygen atoms in total. The van der Waals surface area contributed by atoms with Gasteiger partial charge in [0.15, 0.2) is 0 Å². The van der Waals surface area contributed by atoms with Crippen molar-refractivity contribution in [3.8, 4) is 6.07 Å². The van der Waals surface area contributed by atoms with Crippen molar-refractivity contribution < 1.29 is 13.5 Å². The molecule has 5 rings (SSSR count). The highest BCUT2D eigenvalue weighted by atomic mass is 35.5. The first-order chi connectivity index (χ1) is 12.9. The minimum Gasteiger partial charge on any atom is -0.393 e. The Balaban J connectivity index is 1.80. The second-order valence-corrected chi connectivity index (χ2v) is 9.30. The van der Waals surface area contributed by atoms with Gasteiger partial charge in [0.2, 0.25) is 10.0 Å².